The van der Waals surface area contributed by atoms with Gasteiger partial charge in [-0.05, 0) is 142 Å². The number of Topliss-reactive ketones (excluding diaryl/α,β-unsaturated/α-hetero) is 5. The van der Waals surface area contributed by atoms with Gasteiger partial charge in [0.15, 0.2) is 57.9 Å². The van der Waals surface area contributed by atoms with Gasteiger partial charge < -0.3 is 122 Å². The molecular formula is C91H123N21O19S3. The predicted octanol–water partition coefficient (Wildman–Crippen LogP) is 3.69. The summed E-state index contributed by atoms with van der Waals surface area (Å²) in [6.07, 6.45) is -4.26. The predicted molar refractivity (Wildman–Crippen MR) is 513 cm³/mol. The highest BCUT2D eigenvalue weighted by Crippen LogP contribution is 2.50. The maximum atomic E-state index is 15.6. The summed E-state index contributed by atoms with van der Waals surface area (Å²) in [5.74, 6) is -20.9. The van der Waals surface area contributed by atoms with Gasteiger partial charge in [-0.25, -0.2) is 9.59 Å². The number of thiol groups is 2. The molecular weight excluding hydrogens is 1790 g/mol. The zero-order valence-corrected chi connectivity index (χ0v) is 77.5. The highest BCUT2D eigenvalue weighted by atomic mass is 32.1. The van der Waals surface area contributed by atoms with Crippen LogP contribution in [0.5, 0.6) is 23.0 Å². The molecule has 2 heterocycles. The summed E-state index contributed by atoms with van der Waals surface area (Å²) in [7, 11) is 0. The van der Waals surface area contributed by atoms with Crippen molar-refractivity contribution < 1.29 is 92.6 Å². The van der Waals surface area contributed by atoms with Crippen LogP contribution < -0.4 is 91.9 Å². The number of nitrogens with two attached hydrogens (primary N) is 5. The summed E-state index contributed by atoms with van der Waals surface area (Å²) >= 11 is 14.5. The third-order valence-electron chi connectivity index (χ3n) is 22.7. The minimum absolute atomic E-state index is 0.0167. The average Bonchev–Trinajstić information content (AvgIpc) is 0.836. The first-order valence-corrected chi connectivity index (χ1v) is 45.4. The molecule has 0 bridgehead atoms. The van der Waals surface area contributed by atoms with Crippen LogP contribution in [-0.2, 0) is 70.4 Å². The van der Waals surface area contributed by atoms with Gasteiger partial charge in [0, 0.05) is 152 Å². The number of hydrogen-bond donors (Lipinski definition) is 28. The Hall–Kier alpha value is -13.4. The lowest BCUT2D eigenvalue weighted by atomic mass is 9.80. The molecule has 0 aliphatic carbocycles. The summed E-state index contributed by atoms with van der Waals surface area (Å²) in [4.78, 5) is 190. The Bertz CT molecular complexity index is 5200. The number of nitrogens with one attached hydrogen (secondary N) is 16. The molecule has 0 saturated carbocycles. The first-order valence-electron chi connectivity index (χ1n) is 43.7. The van der Waals surface area contributed by atoms with Crippen molar-refractivity contribution in [2.24, 2.45) is 63.7 Å². The largest absolute Gasteiger partial charge is 0.508 e. The number of guanidine groups is 4. The number of para-hydroxylation sites is 1. The van der Waals surface area contributed by atoms with Gasteiger partial charge >= 0.3 is 11.9 Å². The minimum atomic E-state index is -1.71. The Morgan fingerprint density at radius 2 is 0.933 bits per heavy atom. The highest BCUT2D eigenvalue weighted by molar-refractivity contribution is 7.80. The van der Waals surface area contributed by atoms with E-state index in [0.29, 0.717) is 38.7 Å². The summed E-state index contributed by atoms with van der Waals surface area (Å²) in [6, 6.07) is 19.9. The quantitative estimate of drug-likeness (QED) is 0.00849. The van der Waals surface area contributed by atoms with Crippen molar-refractivity contribution in [2.45, 2.75) is 185 Å². The number of thiocarbonyl (C=S) groups is 1. The van der Waals surface area contributed by atoms with E-state index in [1.807, 2.05) is 0 Å². The number of benzene rings is 5. The van der Waals surface area contributed by atoms with Gasteiger partial charge in [0.25, 0.3) is 0 Å². The third kappa shape index (κ3) is 33.7. The van der Waals surface area contributed by atoms with Crippen molar-refractivity contribution in [3.63, 3.8) is 0 Å². The van der Waals surface area contributed by atoms with Crippen molar-refractivity contribution >= 4 is 159 Å². The second-order valence-corrected chi connectivity index (χ2v) is 35.3. The number of aromatic amines is 1. The van der Waals surface area contributed by atoms with Gasteiger partial charge in [-0.3, -0.25) is 74.4 Å². The first-order chi connectivity index (χ1) is 63.4. The number of carboxylic acids is 2. The molecule has 6 aromatic rings. The number of aliphatic carboxylic acids is 1. The van der Waals surface area contributed by atoms with Gasteiger partial charge in [-0.15, -0.1) is 0 Å². The van der Waals surface area contributed by atoms with Crippen LogP contribution in [0.2, 0.25) is 0 Å². The molecule has 134 heavy (non-hydrogen) atoms. The lowest BCUT2D eigenvalue weighted by molar-refractivity contribution is -0.146. The van der Waals surface area contributed by atoms with Crippen LogP contribution in [0.3, 0.4) is 0 Å². The van der Waals surface area contributed by atoms with Crippen molar-refractivity contribution in [1.82, 2.24) is 58.2 Å². The number of fused-ring (bicyclic) bond motifs is 3. The highest BCUT2D eigenvalue weighted by Gasteiger charge is 2.41. The van der Waals surface area contributed by atoms with Crippen LogP contribution in [0.25, 0.3) is 10.9 Å². The van der Waals surface area contributed by atoms with Crippen LogP contribution >= 0.6 is 37.5 Å². The number of carbonyl (C=O) groups is 13. The molecule has 1 aliphatic heterocycles. The summed E-state index contributed by atoms with van der Waals surface area (Å²) < 4.78 is 6.03. The number of aliphatic hydroxyl groups is 1. The molecule has 31 N–H and O–H groups in total. The van der Waals surface area contributed by atoms with E-state index in [2.05, 4.69) is 88.7 Å². The van der Waals surface area contributed by atoms with E-state index in [1.54, 1.807) is 106 Å². The van der Waals surface area contributed by atoms with E-state index in [4.69, 9.17) is 67.3 Å². The monoisotopic (exact) mass is 1910 g/mol. The second-order valence-electron chi connectivity index (χ2n) is 34.2. The molecule has 7 rings (SSSR count). The fourth-order valence-corrected chi connectivity index (χ4v) is 16.5. The number of phenolic OH excluding ortho intramolecular Hbond substituents is 2. The smallest absolute Gasteiger partial charge is 0.336 e. The number of ketones is 5. The number of ether oxygens (including phenoxy) is 1. The van der Waals surface area contributed by atoms with E-state index in [9.17, 15) is 63.9 Å². The Morgan fingerprint density at radius 3 is 1.42 bits per heavy atom. The molecule has 0 radical (unpaired) electrons. The van der Waals surface area contributed by atoms with Gasteiger partial charge in [-0.2, -0.15) is 25.3 Å². The minimum Gasteiger partial charge on any atom is -0.508 e. The van der Waals surface area contributed by atoms with Crippen LogP contribution in [0.15, 0.2) is 115 Å². The topological polar surface area (TPSA) is 706 Å². The van der Waals surface area contributed by atoms with E-state index in [1.165, 1.54) is 37.3 Å². The Labute approximate surface area is 790 Å². The fourth-order valence-electron chi connectivity index (χ4n) is 15.7. The molecule has 40 nitrogen and oxygen atoms in total. The Morgan fingerprint density at radius 1 is 0.493 bits per heavy atom. The van der Waals surface area contributed by atoms with Crippen LogP contribution in [0.4, 0.5) is 5.69 Å². The zero-order chi connectivity index (χ0) is 98.8. The van der Waals surface area contributed by atoms with Crippen molar-refractivity contribution in [3.8, 4) is 23.0 Å². The summed E-state index contributed by atoms with van der Waals surface area (Å²) in [5, 5.41) is 114. The number of aliphatic hydroxyl groups excluding tert-OH is 1. The molecule has 1 aliphatic rings. The van der Waals surface area contributed by atoms with Crippen LogP contribution in [0, 0.1) is 56.6 Å². The maximum Gasteiger partial charge on any atom is 0.336 e. The van der Waals surface area contributed by atoms with Gasteiger partial charge in [0.1, 0.15) is 35.1 Å². The fraction of sp³-hybridized carbons (Fsp3) is 0.451. The maximum absolute atomic E-state index is 15.6. The van der Waals surface area contributed by atoms with Crippen molar-refractivity contribution in [1.29, 1.82) is 21.6 Å². The normalized spacial score (nSPS) is 14.4. The standard InChI is InChI=1S/C91H123N21O19S3/c1-47(113)77(72(120)38-51(18-12-32-103-88(97)98)81(124)112-78(85(129)130)91(2,3)4)111-83(126)54(45-132)40-69(117)65(28-29-75(92)121)108-82(125)52(35-53-44-105-63-20-9-8-19-58(53)63)39-70(118)66(34-48-14-6-5-7-15-48)109-80(123)49(16-10-30-101-86(93)94)36-68(116)64(21-13-33-104-89(99)100)107-79(122)50(17-11-31-102-87(95)96)37-71(119)67(46-133)110-90(134)106-55-22-25-59(62(41-55)84(127)128)76-60-26-23-56(114)42-73(60)131-74-43-57(115)24-27-61(74)76/h5-9,14-15,19-20,22-27,41-44,47,49-52,54,64-67,76-78,105,113-115,132-133H,10-13,16-18,21,28-40,45-46H2,1-4H3,(H2,92,121)(H,107,122)(H,108,125)(H,109,123)(H,111,126)(H,112,124)(H,127,128)(H,129,130)(H4,93,94,101)(H4,95,96,102)(H4,97,98,103)(H4,99,100,104)(H2,106,110,134)/t47-,49-,50-,51-,52-,54+,64+,65+,66+,67+,77+,78-/m1/s1. The molecule has 1 aromatic heterocycles. The number of hydrogen-bond acceptors (Lipinski definition) is 24. The average molecular weight is 1910 g/mol. The van der Waals surface area contributed by atoms with Crippen LogP contribution in [-0.4, -0.2) is 216 Å². The lowest BCUT2D eigenvalue weighted by Gasteiger charge is -2.30. The molecule has 724 valence electrons. The summed E-state index contributed by atoms with van der Waals surface area (Å²) in [6.45, 7) is 6.14. The molecule has 0 fully saturated rings. The molecule has 0 spiro atoms. The van der Waals surface area contributed by atoms with E-state index in [-0.39, 0.29) is 153 Å². The molecule has 0 saturated heterocycles. The number of rotatable bonds is 56. The van der Waals surface area contributed by atoms with Gasteiger partial charge in [-0.1, -0.05) is 87.5 Å². The molecule has 6 amide bonds. The molecule has 43 heteroatoms. The number of amides is 6. The lowest BCUT2D eigenvalue weighted by Crippen LogP contribution is -2.53. The van der Waals surface area contributed by atoms with E-state index < -0.39 is 216 Å². The zero-order valence-electron chi connectivity index (χ0n) is 74.9. The third-order valence-corrected chi connectivity index (χ3v) is 23.8. The molecule has 12 atom stereocenters. The molecule has 0 unspecified atom stereocenters. The number of primary amides is 1. The number of H-pyrrole nitrogens is 1. The van der Waals surface area contributed by atoms with E-state index in [0.717, 1.165) is 0 Å². The van der Waals surface area contributed by atoms with Crippen molar-refractivity contribution in [3.05, 3.63) is 149 Å². The number of carbonyl (C=O) groups excluding carboxylic acids is 11. The number of anilines is 1. The first kappa shape index (κ1) is 108. The SMILES string of the molecule is C[C@@H](O)[C@H](NC(=O)[C@H](CS)CC(=O)[C@H](CCC(N)=O)NC(=O)[C@@H](CC(=O)[C@H](Cc1ccccc1)NC(=O)[C@H](CCCNC(=N)N)CC(=O)[C@H](CCCNC(=N)N)NC(=O)[C@H](CCCNC(=N)N)CC(=O)[C@H](CS)NC(=S)Nc1ccc(C2c3ccc(O)cc3Oc3cc(O)ccc32)c(C(=O)O)c1)Cc1c[nH]c2ccccc12)C(=O)C[C@@H](CCCNC(=N)N)C(=O)N[C@H](C(=O)O)C(C)(C)C. The number of phenols is 2. The van der Waals surface area contributed by atoms with Gasteiger partial charge in [0.05, 0.1) is 41.8 Å². The number of aromatic nitrogens is 1. The number of aromatic carboxylic acids is 1. The van der Waals surface area contributed by atoms with E-state index >= 15 is 24.0 Å². The van der Waals surface area contributed by atoms with Gasteiger partial charge in [0.2, 0.25) is 35.4 Å². The Kier molecular flexibility index (Phi) is 41.9. The summed E-state index contributed by atoms with van der Waals surface area (Å²) in [5.41, 5.74) is 30.1. The number of aromatic hydroxyl groups is 2. The Balaban J connectivity index is 1.14. The number of carboxylic acid groups (broad SMARTS) is 2. The second kappa shape index (κ2) is 52.1. The molecule has 5 aromatic carbocycles. The van der Waals surface area contributed by atoms with Crippen LogP contribution in [0.1, 0.15) is 168 Å². The van der Waals surface area contributed by atoms with Crippen molar-refractivity contribution in [2.75, 3.05) is 43.0 Å².